The molecule has 0 saturated heterocycles. The van der Waals surface area contributed by atoms with E-state index in [0.29, 0.717) is 37.4 Å². The van der Waals surface area contributed by atoms with Gasteiger partial charge in [-0.3, -0.25) is 19.5 Å². The largest absolute Gasteiger partial charge is 0.483 e. The lowest BCUT2D eigenvalue weighted by Gasteiger charge is -2.31. The van der Waals surface area contributed by atoms with Crippen LogP contribution in [0.25, 0.3) is 0 Å². The molecule has 0 bridgehead atoms. The van der Waals surface area contributed by atoms with Crippen LogP contribution in [0.4, 0.5) is 0 Å². The zero-order valence-corrected chi connectivity index (χ0v) is 19.6. The lowest BCUT2D eigenvalue weighted by atomic mass is 10.1. The second-order valence-corrected chi connectivity index (χ2v) is 8.47. The van der Waals surface area contributed by atoms with Crippen LogP contribution in [0.2, 0.25) is 0 Å². The van der Waals surface area contributed by atoms with Crippen LogP contribution < -0.4 is 4.74 Å². The van der Waals surface area contributed by atoms with Crippen molar-refractivity contribution in [2.75, 3.05) is 40.8 Å². The molecular formula is C24H33N5O4. The highest BCUT2D eigenvalue weighted by Crippen LogP contribution is 2.21. The summed E-state index contributed by atoms with van der Waals surface area (Å²) in [6.45, 7) is 0.953. The quantitative estimate of drug-likeness (QED) is 0.743. The van der Waals surface area contributed by atoms with Gasteiger partial charge in [0.25, 0.3) is 11.8 Å². The molecule has 9 heteroatoms. The molecule has 2 aromatic rings. The van der Waals surface area contributed by atoms with Crippen molar-refractivity contribution in [1.29, 1.82) is 0 Å². The van der Waals surface area contributed by atoms with Gasteiger partial charge < -0.3 is 19.4 Å². The van der Waals surface area contributed by atoms with E-state index >= 15 is 0 Å². The van der Waals surface area contributed by atoms with E-state index in [4.69, 9.17) is 4.74 Å². The van der Waals surface area contributed by atoms with E-state index in [0.717, 1.165) is 24.8 Å². The summed E-state index contributed by atoms with van der Waals surface area (Å²) in [5, 5.41) is 6.47. The fraction of sp³-hybridized carbons (Fsp3) is 0.500. The molecule has 2 heterocycles. The van der Waals surface area contributed by atoms with Crippen molar-refractivity contribution in [1.82, 2.24) is 24.9 Å². The third-order valence-electron chi connectivity index (χ3n) is 6.08. The van der Waals surface area contributed by atoms with Gasteiger partial charge in [0.1, 0.15) is 17.5 Å². The van der Waals surface area contributed by atoms with Crippen molar-refractivity contribution in [3.8, 4) is 5.75 Å². The van der Waals surface area contributed by atoms with E-state index in [1.165, 1.54) is 11.1 Å². The van der Waals surface area contributed by atoms with Gasteiger partial charge in [0.15, 0.2) is 6.61 Å². The number of amides is 3. The lowest BCUT2D eigenvalue weighted by Crippen LogP contribution is -2.50. The molecule has 0 fully saturated rings. The standard InChI is InChI=1S/C24H33N5O4/c1-27(23(31)19-13-14-25-26-19)16-8-11-20-24(32)28(2)15-7-6-10-18-9-4-5-12-21(18)33-17-22(30)29(20)3/h4-5,9,12-14,20H,6-8,10-11,15-17H2,1-3H3,(H,25,26)/t20-/m0/s1. The molecule has 9 nitrogen and oxygen atoms in total. The molecule has 0 saturated carbocycles. The van der Waals surface area contributed by atoms with E-state index in [2.05, 4.69) is 10.2 Å². The summed E-state index contributed by atoms with van der Waals surface area (Å²) < 4.78 is 5.83. The Hall–Kier alpha value is -3.36. The molecule has 33 heavy (non-hydrogen) atoms. The van der Waals surface area contributed by atoms with Gasteiger partial charge in [-0.1, -0.05) is 18.2 Å². The molecule has 1 atom stereocenters. The highest BCUT2D eigenvalue weighted by atomic mass is 16.5. The first kappa shape index (κ1) is 24.3. The molecule has 0 aliphatic carbocycles. The number of ether oxygens (including phenoxy) is 1. The number of aryl methyl sites for hydroxylation is 1. The van der Waals surface area contributed by atoms with Crippen molar-refractivity contribution < 1.29 is 19.1 Å². The predicted octanol–water partition coefficient (Wildman–Crippen LogP) is 1.96. The summed E-state index contributed by atoms with van der Waals surface area (Å²) in [6, 6.07) is 8.76. The molecule has 1 aliphatic heterocycles. The minimum atomic E-state index is -0.613. The average molecular weight is 456 g/mol. The fourth-order valence-electron chi connectivity index (χ4n) is 3.98. The van der Waals surface area contributed by atoms with Crippen LogP contribution in [-0.2, 0) is 16.0 Å². The van der Waals surface area contributed by atoms with Gasteiger partial charge in [-0.2, -0.15) is 5.10 Å². The molecule has 3 rings (SSSR count). The second-order valence-electron chi connectivity index (χ2n) is 8.47. The Morgan fingerprint density at radius 2 is 2.00 bits per heavy atom. The van der Waals surface area contributed by atoms with Gasteiger partial charge in [0.2, 0.25) is 5.91 Å². The predicted molar refractivity (Wildman–Crippen MR) is 124 cm³/mol. The molecule has 0 unspecified atom stereocenters. The number of carbonyl (C=O) groups is 3. The van der Waals surface area contributed by atoms with Gasteiger partial charge in [-0.05, 0) is 49.8 Å². The van der Waals surface area contributed by atoms with Gasteiger partial charge in [-0.25, -0.2) is 0 Å². The molecule has 0 spiro atoms. The molecule has 0 radical (unpaired) electrons. The number of H-pyrrole nitrogens is 1. The number of fused-ring (bicyclic) bond motifs is 1. The number of hydrogen-bond acceptors (Lipinski definition) is 5. The smallest absolute Gasteiger partial charge is 0.271 e. The Morgan fingerprint density at radius 1 is 1.21 bits per heavy atom. The summed E-state index contributed by atoms with van der Waals surface area (Å²) in [5.74, 6) is 0.207. The van der Waals surface area contributed by atoms with Crippen LogP contribution in [0, 0.1) is 0 Å². The maximum Gasteiger partial charge on any atom is 0.271 e. The zero-order valence-electron chi connectivity index (χ0n) is 19.6. The van der Waals surface area contributed by atoms with Crippen LogP contribution in [0.3, 0.4) is 0 Å². The Labute approximate surface area is 194 Å². The van der Waals surface area contributed by atoms with Crippen LogP contribution in [0.1, 0.15) is 41.7 Å². The second kappa shape index (κ2) is 11.5. The van der Waals surface area contributed by atoms with Crippen molar-refractivity contribution >= 4 is 17.7 Å². The number of aromatic nitrogens is 2. The van der Waals surface area contributed by atoms with Crippen LogP contribution in [0.15, 0.2) is 36.5 Å². The molecule has 3 amide bonds. The van der Waals surface area contributed by atoms with Gasteiger partial charge in [0, 0.05) is 40.4 Å². The Bertz CT molecular complexity index is 946. The summed E-state index contributed by atoms with van der Waals surface area (Å²) in [5.41, 5.74) is 1.49. The third kappa shape index (κ3) is 6.34. The zero-order chi connectivity index (χ0) is 23.8. The Balaban J connectivity index is 1.67. The summed E-state index contributed by atoms with van der Waals surface area (Å²) in [7, 11) is 5.14. The van der Waals surface area contributed by atoms with E-state index in [9.17, 15) is 14.4 Å². The number of rotatable bonds is 5. The van der Waals surface area contributed by atoms with E-state index in [1.54, 1.807) is 37.0 Å². The van der Waals surface area contributed by atoms with Crippen LogP contribution in [0.5, 0.6) is 5.75 Å². The van der Waals surface area contributed by atoms with Gasteiger partial charge in [-0.15, -0.1) is 0 Å². The number of para-hydroxylation sites is 1. The number of carbonyl (C=O) groups excluding carboxylic acids is 3. The van der Waals surface area contributed by atoms with Crippen molar-refractivity contribution in [2.45, 2.75) is 38.1 Å². The van der Waals surface area contributed by atoms with Crippen molar-refractivity contribution in [3.05, 3.63) is 47.8 Å². The molecule has 1 aromatic heterocycles. The summed E-state index contributed by atoms with van der Waals surface area (Å²) in [6.07, 6.45) is 5.17. The Morgan fingerprint density at radius 3 is 2.76 bits per heavy atom. The summed E-state index contributed by atoms with van der Waals surface area (Å²) in [4.78, 5) is 43.3. The van der Waals surface area contributed by atoms with Gasteiger partial charge in [0.05, 0.1) is 0 Å². The number of likely N-dealkylation sites (N-methyl/N-ethyl adjacent to an activating group) is 2. The van der Waals surface area contributed by atoms with Crippen molar-refractivity contribution in [2.24, 2.45) is 0 Å². The maximum absolute atomic E-state index is 13.2. The topological polar surface area (TPSA) is 98.8 Å². The molecule has 1 aliphatic rings. The van der Waals surface area contributed by atoms with E-state index < -0.39 is 6.04 Å². The third-order valence-corrected chi connectivity index (χ3v) is 6.08. The summed E-state index contributed by atoms with van der Waals surface area (Å²) >= 11 is 0. The molecule has 178 valence electrons. The average Bonchev–Trinajstić information content (AvgIpc) is 3.36. The molecular weight excluding hydrogens is 422 g/mol. The molecule has 1 N–H and O–H groups in total. The molecule has 1 aromatic carbocycles. The Kier molecular flexibility index (Phi) is 8.46. The lowest BCUT2D eigenvalue weighted by molar-refractivity contribution is -0.145. The minimum Gasteiger partial charge on any atom is -0.483 e. The number of benzene rings is 1. The first-order valence-electron chi connectivity index (χ1n) is 11.3. The van der Waals surface area contributed by atoms with Crippen LogP contribution >= 0.6 is 0 Å². The van der Waals surface area contributed by atoms with E-state index in [1.807, 2.05) is 24.3 Å². The number of nitrogens with one attached hydrogen (secondary N) is 1. The van der Waals surface area contributed by atoms with Crippen LogP contribution in [-0.4, -0.2) is 89.5 Å². The normalized spacial score (nSPS) is 18.0. The maximum atomic E-state index is 13.2. The minimum absolute atomic E-state index is 0.0924. The van der Waals surface area contributed by atoms with Gasteiger partial charge >= 0.3 is 0 Å². The fourth-order valence-corrected chi connectivity index (χ4v) is 3.98. The number of hydrogen-bond donors (Lipinski definition) is 1. The van der Waals surface area contributed by atoms with Crippen molar-refractivity contribution in [3.63, 3.8) is 0 Å². The highest BCUT2D eigenvalue weighted by molar-refractivity contribution is 5.92. The first-order chi connectivity index (χ1) is 15.9. The monoisotopic (exact) mass is 455 g/mol. The number of aromatic amines is 1. The van der Waals surface area contributed by atoms with E-state index in [-0.39, 0.29) is 24.3 Å². The SMILES string of the molecule is CN(CCC[C@H]1C(=O)N(C)CCCCc2ccccc2OCC(=O)N1C)C(=O)c1ccn[nH]1. The number of nitrogens with zero attached hydrogens (tertiary/aromatic N) is 4. The highest BCUT2D eigenvalue weighted by Gasteiger charge is 2.29. The first-order valence-corrected chi connectivity index (χ1v) is 11.3.